The monoisotopic (exact) mass is 395 g/mol. The van der Waals surface area contributed by atoms with E-state index in [4.69, 9.17) is 4.74 Å². The third-order valence-corrected chi connectivity index (χ3v) is 3.36. The van der Waals surface area contributed by atoms with Gasteiger partial charge in [0.1, 0.15) is 5.75 Å². The molecule has 0 fully saturated rings. The maximum absolute atomic E-state index is 13.7. The number of carbonyl (C=O) groups is 1. The highest BCUT2D eigenvalue weighted by molar-refractivity contribution is 6.05. The Hall–Kier alpha value is -2.78. The summed E-state index contributed by atoms with van der Waals surface area (Å²) in [5.41, 5.74) is -2.85. The van der Waals surface area contributed by atoms with Crippen LogP contribution in [0.25, 0.3) is 0 Å². The van der Waals surface area contributed by atoms with Crippen LogP contribution < -0.4 is 10.1 Å². The highest BCUT2D eigenvalue weighted by Crippen LogP contribution is 2.35. The molecule has 1 N–H and O–H groups in total. The van der Waals surface area contributed by atoms with Crippen molar-refractivity contribution in [2.75, 3.05) is 11.9 Å². The number of halogens is 7. The molecule has 0 atom stereocenters. The maximum Gasteiger partial charge on any atom is 0.416 e. The number of amides is 1. The van der Waals surface area contributed by atoms with E-state index in [0.717, 1.165) is 6.07 Å². The van der Waals surface area contributed by atoms with Crippen LogP contribution in [-0.4, -0.2) is 12.5 Å². The Balaban J connectivity index is 2.44. The molecule has 3 nitrogen and oxygen atoms in total. The fourth-order valence-corrected chi connectivity index (χ4v) is 2.07. The number of benzene rings is 2. The van der Waals surface area contributed by atoms with Crippen molar-refractivity contribution in [3.8, 4) is 5.75 Å². The van der Waals surface area contributed by atoms with Crippen LogP contribution in [0.2, 0.25) is 0 Å². The number of anilines is 1. The molecule has 0 spiro atoms. The van der Waals surface area contributed by atoms with Crippen molar-refractivity contribution in [3.63, 3.8) is 0 Å². The smallest absolute Gasteiger partial charge is 0.416 e. The molecule has 2 aromatic rings. The lowest BCUT2D eigenvalue weighted by molar-refractivity contribution is -0.137. The van der Waals surface area contributed by atoms with Gasteiger partial charge in [0.05, 0.1) is 23.4 Å². The van der Waals surface area contributed by atoms with Crippen LogP contribution in [0.5, 0.6) is 5.75 Å². The molecule has 2 rings (SSSR count). The first-order chi connectivity index (χ1) is 12.6. The van der Waals surface area contributed by atoms with Gasteiger partial charge in [0, 0.05) is 0 Å². The largest absolute Gasteiger partial charge is 0.491 e. The molecule has 0 aromatic heterocycles. The number of nitrogens with one attached hydrogen (secondary N) is 1. The number of alkyl halides is 3. The van der Waals surface area contributed by atoms with Gasteiger partial charge in [-0.3, -0.25) is 4.79 Å². The Labute approximate surface area is 148 Å². The normalized spacial score (nSPS) is 11.4. The van der Waals surface area contributed by atoms with Crippen molar-refractivity contribution in [2.24, 2.45) is 0 Å². The molecule has 0 radical (unpaired) electrons. The van der Waals surface area contributed by atoms with Gasteiger partial charge < -0.3 is 10.1 Å². The Morgan fingerprint density at radius 2 is 1.70 bits per heavy atom. The lowest BCUT2D eigenvalue weighted by Crippen LogP contribution is -2.17. The summed E-state index contributed by atoms with van der Waals surface area (Å²) in [6.07, 6.45) is -4.25. The quantitative estimate of drug-likeness (QED) is 0.424. The SMILES string of the molecule is CCCOc1ccc(C(F)(F)F)cc1NC(=O)c1cc(F)c(F)c(F)c1F. The van der Waals surface area contributed by atoms with Crippen LogP contribution in [0.3, 0.4) is 0 Å². The molecule has 10 heteroatoms. The van der Waals surface area contributed by atoms with Gasteiger partial charge in [-0.25, -0.2) is 17.6 Å². The van der Waals surface area contributed by atoms with Crippen molar-refractivity contribution < 1.29 is 40.3 Å². The van der Waals surface area contributed by atoms with Gasteiger partial charge in [-0.2, -0.15) is 13.2 Å². The molecule has 146 valence electrons. The summed E-state index contributed by atoms with van der Waals surface area (Å²) in [5, 5.41) is 1.90. The molecule has 0 aliphatic rings. The zero-order valence-electron chi connectivity index (χ0n) is 13.7. The van der Waals surface area contributed by atoms with E-state index in [-0.39, 0.29) is 18.4 Å². The minimum atomic E-state index is -4.75. The second-order valence-corrected chi connectivity index (χ2v) is 5.36. The molecule has 1 amide bonds. The molecule has 0 saturated heterocycles. The lowest BCUT2D eigenvalue weighted by atomic mass is 10.1. The minimum Gasteiger partial charge on any atom is -0.491 e. The zero-order chi connectivity index (χ0) is 20.4. The number of carbonyl (C=O) groups excluding carboxylic acids is 1. The number of rotatable bonds is 5. The van der Waals surface area contributed by atoms with E-state index in [1.54, 1.807) is 6.92 Å². The predicted octanol–water partition coefficient (Wildman–Crippen LogP) is 5.30. The summed E-state index contributed by atoms with van der Waals surface area (Å²) >= 11 is 0. The molecule has 0 heterocycles. The average Bonchev–Trinajstić information content (AvgIpc) is 2.60. The first kappa shape index (κ1) is 20.5. The van der Waals surface area contributed by atoms with Gasteiger partial charge in [-0.1, -0.05) is 6.92 Å². The second kappa shape index (κ2) is 7.85. The Bertz CT molecular complexity index is 865. The van der Waals surface area contributed by atoms with Crippen LogP contribution in [0.15, 0.2) is 24.3 Å². The Morgan fingerprint density at radius 1 is 1.04 bits per heavy atom. The van der Waals surface area contributed by atoms with Crippen molar-refractivity contribution in [1.29, 1.82) is 0 Å². The summed E-state index contributed by atoms with van der Waals surface area (Å²) in [7, 11) is 0. The van der Waals surface area contributed by atoms with Crippen molar-refractivity contribution in [3.05, 3.63) is 58.7 Å². The van der Waals surface area contributed by atoms with E-state index in [9.17, 15) is 35.5 Å². The number of hydrogen-bond acceptors (Lipinski definition) is 2. The van der Waals surface area contributed by atoms with E-state index >= 15 is 0 Å². The molecule has 0 aliphatic heterocycles. The lowest BCUT2D eigenvalue weighted by Gasteiger charge is -2.15. The third kappa shape index (κ3) is 4.50. The molecule has 2 aromatic carbocycles. The number of hydrogen-bond donors (Lipinski definition) is 1. The first-order valence-electron chi connectivity index (χ1n) is 7.54. The van der Waals surface area contributed by atoms with Crippen LogP contribution in [0.1, 0.15) is 29.3 Å². The van der Waals surface area contributed by atoms with Crippen molar-refractivity contribution in [1.82, 2.24) is 0 Å². The van der Waals surface area contributed by atoms with E-state index in [2.05, 4.69) is 0 Å². The first-order valence-corrected chi connectivity index (χ1v) is 7.54. The molecule has 27 heavy (non-hydrogen) atoms. The highest BCUT2D eigenvalue weighted by atomic mass is 19.4. The van der Waals surface area contributed by atoms with Crippen molar-refractivity contribution >= 4 is 11.6 Å². The van der Waals surface area contributed by atoms with E-state index in [0.29, 0.717) is 18.6 Å². The summed E-state index contributed by atoms with van der Waals surface area (Å²) < 4.78 is 97.0. The average molecular weight is 395 g/mol. The zero-order valence-corrected chi connectivity index (χ0v) is 13.7. The molecular formula is C17H12F7NO2. The molecule has 0 bridgehead atoms. The van der Waals surface area contributed by atoms with Gasteiger partial charge in [0.2, 0.25) is 0 Å². The Kier molecular flexibility index (Phi) is 5.97. The summed E-state index contributed by atoms with van der Waals surface area (Å²) in [6, 6.07) is 2.27. The Morgan fingerprint density at radius 3 is 2.30 bits per heavy atom. The topological polar surface area (TPSA) is 38.3 Å². The van der Waals surface area contributed by atoms with Crippen LogP contribution in [0, 0.1) is 23.3 Å². The molecule has 0 unspecified atom stereocenters. The van der Waals surface area contributed by atoms with Gasteiger partial charge >= 0.3 is 6.18 Å². The summed E-state index contributed by atoms with van der Waals surface area (Å²) in [4.78, 5) is 12.1. The van der Waals surface area contributed by atoms with Gasteiger partial charge in [-0.15, -0.1) is 0 Å². The number of ether oxygens (including phenoxy) is 1. The van der Waals surface area contributed by atoms with Gasteiger partial charge in [0.25, 0.3) is 5.91 Å². The molecule has 0 aliphatic carbocycles. The summed E-state index contributed by atoms with van der Waals surface area (Å²) in [5.74, 6) is -9.78. The van der Waals surface area contributed by atoms with Crippen LogP contribution >= 0.6 is 0 Å². The minimum absolute atomic E-state index is 0.0996. The molecule has 0 saturated carbocycles. The summed E-state index contributed by atoms with van der Waals surface area (Å²) in [6.45, 7) is 1.82. The van der Waals surface area contributed by atoms with Crippen molar-refractivity contribution in [2.45, 2.75) is 19.5 Å². The van der Waals surface area contributed by atoms with Gasteiger partial charge in [0.15, 0.2) is 23.3 Å². The highest BCUT2D eigenvalue weighted by Gasteiger charge is 2.32. The van der Waals surface area contributed by atoms with E-state index in [1.807, 2.05) is 5.32 Å². The van der Waals surface area contributed by atoms with Gasteiger partial charge in [-0.05, 0) is 30.7 Å². The van der Waals surface area contributed by atoms with E-state index < -0.39 is 52.2 Å². The second-order valence-electron chi connectivity index (χ2n) is 5.36. The van der Waals surface area contributed by atoms with Crippen LogP contribution in [0.4, 0.5) is 36.4 Å². The predicted molar refractivity (Wildman–Crippen MR) is 81.5 cm³/mol. The van der Waals surface area contributed by atoms with Crippen LogP contribution in [-0.2, 0) is 6.18 Å². The fourth-order valence-electron chi connectivity index (χ4n) is 2.07. The maximum atomic E-state index is 13.7. The standard InChI is InChI=1S/C17H12F7NO2/c1-2-5-27-12-4-3-8(17(22,23)24)6-11(12)25-16(26)9-7-10(18)14(20)15(21)13(9)19/h3-4,6-7H,2,5H2,1H3,(H,25,26). The fraction of sp³-hybridized carbons (Fsp3) is 0.235. The molecular weight excluding hydrogens is 383 g/mol. The van der Waals surface area contributed by atoms with E-state index in [1.165, 1.54) is 0 Å². The third-order valence-electron chi connectivity index (χ3n) is 3.36.